The number of ether oxygens (including phenoxy) is 1. The molecule has 0 saturated carbocycles. The Bertz CT molecular complexity index is 1060. The minimum atomic E-state index is 0.516. The molecule has 31 heavy (non-hydrogen) atoms. The highest BCUT2D eigenvalue weighted by Gasteiger charge is 2.10. The van der Waals surface area contributed by atoms with Crippen LogP contribution in [-0.4, -0.2) is 60.5 Å². The number of nitrogen functional groups attached to an aromatic ring is 1. The molecule has 1 aromatic heterocycles. The molecule has 0 atom stereocenters. The number of aryl methyl sites for hydroxylation is 1. The van der Waals surface area contributed by atoms with Crippen LogP contribution in [0.5, 0.6) is 0 Å². The highest BCUT2D eigenvalue weighted by atomic mass is 16.5. The lowest BCUT2D eigenvalue weighted by Crippen LogP contribution is -2.37. The zero-order chi connectivity index (χ0) is 21.6. The van der Waals surface area contributed by atoms with Gasteiger partial charge in [0.25, 0.3) is 0 Å². The van der Waals surface area contributed by atoms with Gasteiger partial charge in [0.05, 0.1) is 18.7 Å². The normalized spacial score (nSPS) is 14.5. The minimum Gasteiger partial charge on any atom is -0.398 e. The predicted molar refractivity (Wildman–Crippen MR) is 127 cm³/mol. The molecule has 1 aliphatic rings. The first kappa shape index (κ1) is 21.0. The summed E-state index contributed by atoms with van der Waals surface area (Å²) in [5, 5.41) is 15.1. The van der Waals surface area contributed by atoms with E-state index in [0.29, 0.717) is 17.2 Å². The van der Waals surface area contributed by atoms with E-state index in [9.17, 15) is 0 Å². The summed E-state index contributed by atoms with van der Waals surface area (Å²) in [5.41, 5.74) is 11.1. The highest BCUT2D eigenvalue weighted by Crippen LogP contribution is 2.26. The van der Waals surface area contributed by atoms with E-state index in [1.807, 2.05) is 18.3 Å². The molecule has 0 bridgehead atoms. The molecule has 162 valence electrons. The molecule has 2 aromatic carbocycles. The molecule has 8 heteroatoms. The van der Waals surface area contributed by atoms with Gasteiger partial charge in [-0.15, -0.1) is 0 Å². The van der Waals surface area contributed by atoms with Crippen molar-refractivity contribution in [1.29, 1.82) is 5.41 Å². The van der Waals surface area contributed by atoms with Crippen LogP contribution in [0.4, 0.5) is 23.0 Å². The third kappa shape index (κ3) is 5.10. The molecular formula is C23H29N7O. The zero-order valence-electron chi connectivity index (χ0n) is 17.8. The molecule has 0 spiro atoms. The molecule has 0 amide bonds. The van der Waals surface area contributed by atoms with Crippen molar-refractivity contribution < 1.29 is 4.74 Å². The lowest BCUT2D eigenvalue weighted by Gasteiger charge is -2.26. The third-order valence-corrected chi connectivity index (χ3v) is 5.57. The largest absolute Gasteiger partial charge is 0.398 e. The van der Waals surface area contributed by atoms with Crippen molar-refractivity contribution in [3.63, 3.8) is 0 Å². The lowest BCUT2D eigenvalue weighted by molar-refractivity contribution is 0.0378. The molecule has 8 nitrogen and oxygen atoms in total. The predicted octanol–water partition coefficient (Wildman–Crippen LogP) is 3.40. The second-order valence-corrected chi connectivity index (χ2v) is 7.72. The number of nitrogens with two attached hydrogens (primary N) is 1. The van der Waals surface area contributed by atoms with Crippen LogP contribution in [0, 0.1) is 12.3 Å². The summed E-state index contributed by atoms with van der Waals surface area (Å²) < 4.78 is 5.41. The van der Waals surface area contributed by atoms with E-state index in [1.165, 1.54) is 6.21 Å². The quantitative estimate of drug-likeness (QED) is 0.251. The molecule has 1 saturated heterocycles. The van der Waals surface area contributed by atoms with E-state index in [2.05, 4.69) is 33.5 Å². The average molecular weight is 420 g/mol. The van der Waals surface area contributed by atoms with Gasteiger partial charge in [-0.3, -0.25) is 4.90 Å². The fraction of sp³-hybridized carbons (Fsp3) is 0.348. The van der Waals surface area contributed by atoms with E-state index in [4.69, 9.17) is 20.9 Å². The first-order chi connectivity index (χ1) is 15.1. The lowest BCUT2D eigenvalue weighted by atomic mass is 10.1. The van der Waals surface area contributed by atoms with Crippen LogP contribution in [-0.2, 0) is 4.74 Å². The van der Waals surface area contributed by atoms with Crippen molar-refractivity contribution in [1.82, 2.24) is 14.9 Å². The summed E-state index contributed by atoms with van der Waals surface area (Å²) in [7, 11) is 0. The summed E-state index contributed by atoms with van der Waals surface area (Å²) >= 11 is 0. The maximum absolute atomic E-state index is 7.36. The van der Waals surface area contributed by atoms with Crippen molar-refractivity contribution in [2.45, 2.75) is 13.3 Å². The van der Waals surface area contributed by atoms with Crippen LogP contribution < -0.4 is 16.4 Å². The van der Waals surface area contributed by atoms with Gasteiger partial charge in [-0.2, -0.15) is 0 Å². The number of fused-ring (bicyclic) bond motifs is 1. The Morgan fingerprint density at radius 1 is 1.23 bits per heavy atom. The molecule has 0 unspecified atom stereocenters. The number of aromatic nitrogens is 2. The Kier molecular flexibility index (Phi) is 6.59. The van der Waals surface area contributed by atoms with Gasteiger partial charge >= 0.3 is 0 Å². The smallest absolute Gasteiger partial charge is 0.227 e. The number of hydrogen-bond acceptors (Lipinski definition) is 8. The number of anilines is 4. The topological polar surface area (TPSA) is 112 Å². The Labute approximate surface area is 182 Å². The van der Waals surface area contributed by atoms with E-state index in [0.717, 1.165) is 73.7 Å². The van der Waals surface area contributed by atoms with Gasteiger partial charge < -0.3 is 26.5 Å². The standard InChI is InChI=1S/C23H29N7O/c1-16-21(26-7-2-8-30-9-11-31-12-10-30)6-4-18-15-27-23(29-22(16)18)28-19-5-3-17(14-24)20(25)13-19/h3-6,13-15,24,26H,2,7-12,25H2,1H3,(H,27,28,29). The number of hydrogen-bond donors (Lipinski definition) is 4. The fourth-order valence-electron chi connectivity index (χ4n) is 3.75. The van der Waals surface area contributed by atoms with Crippen molar-refractivity contribution in [2.75, 3.05) is 55.8 Å². The molecule has 1 fully saturated rings. The van der Waals surface area contributed by atoms with Crippen molar-refractivity contribution in [3.05, 3.63) is 47.7 Å². The number of benzene rings is 2. The Morgan fingerprint density at radius 2 is 2.06 bits per heavy atom. The van der Waals surface area contributed by atoms with Gasteiger partial charge in [-0.05, 0) is 55.8 Å². The third-order valence-electron chi connectivity index (χ3n) is 5.57. The number of morpholine rings is 1. The summed E-state index contributed by atoms with van der Waals surface area (Å²) in [4.78, 5) is 11.6. The second-order valence-electron chi connectivity index (χ2n) is 7.72. The summed E-state index contributed by atoms with van der Waals surface area (Å²) in [6, 6.07) is 9.60. The van der Waals surface area contributed by atoms with Gasteiger partial charge in [-0.1, -0.05) is 0 Å². The van der Waals surface area contributed by atoms with Crippen LogP contribution in [0.15, 0.2) is 36.5 Å². The Hall–Kier alpha value is -3.23. The van der Waals surface area contributed by atoms with E-state index in [1.54, 1.807) is 12.1 Å². The molecule has 1 aliphatic heterocycles. The number of rotatable bonds is 8. The monoisotopic (exact) mass is 419 g/mol. The maximum atomic E-state index is 7.36. The van der Waals surface area contributed by atoms with Crippen LogP contribution in [0.25, 0.3) is 10.9 Å². The van der Waals surface area contributed by atoms with Crippen LogP contribution in [0.2, 0.25) is 0 Å². The number of nitrogens with zero attached hydrogens (tertiary/aromatic N) is 3. The zero-order valence-corrected chi connectivity index (χ0v) is 17.8. The molecule has 5 N–H and O–H groups in total. The fourth-order valence-corrected chi connectivity index (χ4v) is 3.75. The maximum Gasteiger partial charge on any atom is 0.227 e. The number of nitrogens with one attached hydrogen (secondary N) is 3. The van der Waals surface area contributed by atoms with E-state index in [-0.39, 0.29) is 0 Å². The molecule has 4 rings (SSSR count). The van der Waals surface area contributed by atoms with Gasteiger partial charge in [0, 0.05) is 60.1 Å². The summed E-state index contributed by atoms with van der Waals surface area (Å²) in [6.07, 6.45) is 4.15. The van der Waals surface area contributed by atoms with Gasteiger partial charge in [0.1, 0.15) is 0 Å². The molecule has 0 radical (unpaired) electrons. The second kappa shape index (κ2) is 9.72. The van der Waals surface area contributed by atoms with Gasteiger partial charge in [0.15, 0.2) is 0 Å². The average Bonchev–Trinajstić information content (AvgIpc) is 2.79. The van der Waals surface area contributed by atoms with Crippen molar-refractivity contribution >= 4 is 40.1 Å². The summed E-state index contributed by atoms with van der Waals surface area (Å²) in [6.45, 7) is 7.81. The van der Waals surface area contributed by atoms with Gasteiger partial charge in [-0.25, -0.2) is 9.97 Å². The molecule has 0 aliphatic carbocycles. The first-order valence-electron chi connectivity index (χ1n) is 10.6. The Morgan fingerprint density at radius 3 is 2.84 bits per heavy atom. The van der Waals surface area contributed by atoms with Crippen molar-refractivity contribution in [2.24, 2.45) is 0 Å². The molecular weight excluding hydrogens is 390 g/mol. The summed E-state index contributed by atoms with van der Waals surface area (Å²) in [5.74, 6) is 0.516. The van der Waals surface area contributed by atoms with E-state index >= 15 is 0 Å². The SMILES string of the molecule is Cc1c(NCCCN2CCOCC2)ccc2cnc(Nc3ccc(C=N)c(N)c3)nc12. The van der Waals surface area contributed by atoms with Crippen LogP contribution in [0.3, 0.4) is 0 Å². The van der Waals surface area contributed by atoms with Crippen LogP contribution >= 0.6 is 0 Å². The molecule has 2 heterocycles. The Balaban J connectivity index is 1.43. The van der Waals surface area contributed by atoms with Crippen LogP contribution in [0.1, 0.15) is 17.5 Å². The molecule has 3 aromatic rings. The van der Waals surface area contributed by atoms with Gasteiger partial charge in [0.2, 0.25) is 5.95 Å². The van der Waals surface area contributed by atoms with Crippen molar-refractivity contribution in [3.8, 4) is 0 Å². The highest BCUT2D eigenvalue weighted by molar-refractivity contribution is 5.88. The van der Waals surface area contributed by atoms with E-state index < -0.39 is 0 Å². The minimum absolute atomic E-state index is 0.516. The first-order valence-corrected chi connectivity index (χ1v) is 10.6.